The third-order valence-corrected chi connectivity index (χ3v) is 3.10. The highest BCUT2D eigenvalue weighted by atomic mass is 19.1. The lowest BCUT2D eigenvalue weighted by Crippen LogP contribution is -2.31. The molecule has 0 radical (unpaired) electrons. The Labute approximate surface area is 93.5 Å². The van der Waals surface area contributed by atoms with E-state index >= 15 is 0 Å². The topological polar surface area (TPSA) is 52.0 Å². The zero-order chi connectivity index (χ0) is 11.8. The van der Waals surface area contributed by atoms with E-state index in [-0.39, 0.29) is 11.2 Å². The monoisotopic (exact) mass is 222 g/mol. The van der Waals surface area contributed by atoms with Gasteiger partial charge in [0.15, 0.2) is 5.58 Å². The van der Waals surface area contributed by atoms with Gasteiger partial charge in [0.1, 0.15) is 11.3 Å². The van der Waals surface area contributed by atoms with Crippen LogP contribution >= 0.6 is 0 Å². The van der Waals surface area contributed by atoms with Crippen molar-refractivity contribution in [1.29, 1.82) is 0 Å². The average molecular weight is 222 g/mol. The largest absolute Gasteiger partial charge is 0.440 e. The zero-order valence-electron chi connectivity index (χ0n) is 9.46. The number of benzene rings is 1. The van der Waals surface area contributed by atoms with E-state index in [9.17, 15) is 4.39 Å². The van der Waals surface area contributed by atoms with E-state index in [4.69, 9.17) is 10.2 Å². The lowest BCUT2D eigenvalue weighted by molar-refractivity contribution is 0.353. The van der Waals surface area contributed by atoms with Crippen molar-refractivity contribution >= 4 is 11.1 Å². The van der Waals surface area contributed by atoms with Crippen LogP contribution in [0.15, 0.2) is 22.6 Å². The van der Waals surface area contributed by atoms with E-state index in [1.54, 1.807) is 6.07 Å². The summed E-state index contributed by atoms with van der Waals surface area (Å²) in [5.41, 5.74) is 6.59. The van der Waals surface area contributed by atoms with E-state index in [0.717, 1.165) is 6.42 Å². The van der Waals surface area contributed by atoms with Gasteiger partial charge in [-0.05, 0) is 25.5 Å². The van der Waals surface area contributed by atoms with Crippen molar-refractivity contribution in [2.45, 2.75) is 25.7 Å². The van der Waals surface area contributed by atoms with Crippen LogP contribution in [0.2, 0.25) is 0 Å². The Kier molecular flexibility index (Phi) is 2.68. The molecule has 2 N–H and O–H groups in total. The second kappa shape index (κ2) is 3.87. The van der Waals surface area contributed by atoms with Crippen molar-refractivity contribution < 1.29 is 8.81 Å². The van der Waals surface area contributed by atoms with Gasteiger partial charge in [-0.3, -0.25) is 0 Å². The second-order valence-corrected chi connectivity index (χ2v) is 4.25. The summed E-state index contributed by atoms with van der Waals surface area (Å²) < 4.78 is 18.6. The number of nitrogens with zero attached hydrogens (tertiary/aromatic N) is 1. The van der Waals surface area contributed by atoms with Gasteiger partial charge in [0.2, 0.25) is 5.89 Å². The van der Waals surface area contributed by atoms with E-state index in [1.807, 2.05) is 13.8 Å². The molecule has 2 aromatic rings. The minimum absolute atomic E-state index is 0.282. The lowest BCUT2D eigenvalue weighted by atomic mass is 9.88. The summed E-state index contributed by atoms with van der Waals surface area (Å²) in [7, 11) is 0. The molecular weight excluding hydrogens is 207 g/mol. The molecule has 1 atom stereocenters. The molecule has 1 unspecified atom stereocenters. The summed E-state index contributed by atoms with van der Waals surface area (Å²) in [6.07, 6.45) is 0.832. The Bertz CT molecular complexity index is 503. The molecule has 3 nitrogen and oxygen atoms in total. The number of oxazole rings is 1. The minimum Gasteiger partial charge on any atom is -0.440 e. The second-order valence-electron chi connectivity index (χ2n) is 4.25. The van der Waals surface area contributed by atoms with Crippen molar-refractivity contribution in [3.05, 3.63) is 29.9 Å². The Morgan fingerprint density at radius 2 is 2.25 bits per heavy atom. The smallest absolute Gasteiger partial charge is 0.202 e. The third-order valence-electron chi connectivity index (χ3n) is 3.10. The molecule has 16 heavy (non-hydrogen) atoms. The van der Waals surface area contributed by atoms with E-state index < -0.39 is 0 Å². The molecule has 0 bridgehead atoms. The Balaban J connectivity index is 2.54. The number of fused-ring (bicyclic) bond motifs is 1. The molecule has 1 heterocycles. The first-order chi connectivity index (χ1) is 7.59. The molecule has 1 aromatic carbocycles. The maximum Gasteiger partial charge on any atom is 0.202 e. The molecule has 0 aliphatic heterocycles. The fourth-order valence-corrected chi connectivity index (χ4v) is 1.54. The minimum atomic E-state index is -0.318. The van der Waals surface area contributed by atoms with Crippen LogP contribution < -0.4 is 5.73 Å². The SMILES string of the molecule is CCC(C)(CN)c1nc2ccc(F)cc2o1. The lowest BCUT2D eigenvalue weighted by Gasteiger charge is -2.21. The number of halogens is 1. The number of hydrogen-bond acceptors (Lipinski definition) is 3. The molecule has 4 heteroatoms. The van der Waals surface area contributed by atoms with Crippen LogP contribution in [0.25, 0.3) is 11.1 Å². The molecule has 86 valence electrons. The molecule has 1 aromatic heterocycles. The highest BCUT2D eigenvalue weighted by Gasteiger charge is 2.28. The number of aromatic nitrogens is 1. The van der Waals surface area contributed by atoms with Crippen molar-refractivity contribution in [2.75, 3.05) is 6.54 Å². The number of hydrogen-bond donors (Lipinski definition) is 1. The van der Waals surface area contributed by atoms with Gasteiger partial charge in [-0.15, -0.1) is 0 Å². The zero-order valence-corrected chi connectivity index (χ0v) is 9.46. The van der Waals surface area contributed by atoms with Crippen LogP contribution in [0.5, 0.6) is 0 Å². The number of rotatable bonds is 3. The van der Waals surface area contributed by atoms with Crippen LogP contribution in [0.4, 0.5) is 4.39 Å². The van der Waals surface area contributed by atoms with Gasteiger partial charge in [-0.25, -0.2) is 9.37 Å². The quantitative estimate of drug-likeness (QED) is 0.868. The van der Waals surface area contributed by atoms with E-state index in [1.165, 1.54) is 12.1 Å². The van der Waals surface area contributed by atoms with Gasteiger partial charge < -0.3 is 10.2 Å². The summed E-state index contributed by atoms with van der Waals surface area (Å²) in [6, 6.07) is 4.34. The molecular formula is C12H15FN2O. The molecule has 0 aliphatic rings. The predicted molar refractivity (Wildman–Crippen MR) is 60.7 cm³/mol. The fraction of sp³-hybridized carbons (Fsp3) is 0.417. The van der Waals surface area contributed by atoms with E-state index in [0.29, 0.717) is 23.5 Å². The molecule has 0 saturated carbocycles. The summed E-state index contributed by atoms with van der Waals surface area (Å²) in [5.74, 6) is 0.263. The normalized spacial score (nSPS) is 15.2. The van der Waals surface area contributed by atoms with Crippen molar-refractivity contribution in [1.82, 2.24) is 4.98 Å². The van der Waals surface area contributed by atoms with Gasteiger partial charge in [-0.1, -0.05) is 6.92 Å². The fourth-order valence-electron chi connectivity index (χ4n) is 1.54. The van der Waals surface area contributed by atoms with Crippen LogP contribution in [-0.2, 0) is 5.41 Å². The first kappa shape index (κ1) is 11.1. The van der Waals surface area contributed by atoms with Gasteiger partial charge in [0, 0.05) is 12.6 Å². The van der Waals surface area contributed by atoms with Crippen LogP contribution in [0.1, 0.15) is 26.2 Å². The Morgan fingerprint density at radius 3 is 2.88 bits per heavy atom. The summed E-state index contributed by atoms with van der Waals surface area (Å²) >= 11 is 0. The highest BCUT2D eigenvalue weighted by Crippen LogP contribution is 2.28. The molecule has 0 saturated heterocycles. The van der Waals surface area contributed by atoms with Gasteiger partial charge in [-0.2, -0.15) is 0 Å². The standard InChI is InChI=1S/C12H15FN2O/c1-3-12(2,7-14)11-15-9-5-4-8(13)6-10(9)16-11/h4-6H,3,7,14H2,1-2H3. The summed E-state index contributed by atoms with van der Waals surface area (Å²) in [4.78, 5) is 4.35. The van der Waals surface area contributed by atoms with Crippen LogP contribution in [-0.4, -0.2) is 11.5 Å². The molecule has 0 aliphatic carbocycles. The Hall–Kier alpha value is -1.42. The average Bonchev–Trinajstić information content (AvgIpc) is 2.71. The number of nitrogens with two attached hydrogens (primary N) is 1. The van der Waals surface area contributed by atoms with Crippen molar-refractivity contribution in [2.24, 2.45) is 5.73 Å². The molecule has 0 amide bonds. The first-order valence-corrected chi connectivity index (χ1v) is 5.35. The van der Waals surface area contributed by atoms with Crippen molar-refractivity contribution in [3.63, 3.8) is 0 Å². The van der Waals surface area contributed by atoms with Gasteiger partial charge in [0.25, 0.3) is 0 Å². The molecule has 0 fully saturated rings. The Morgan fingerprint density at radius 1 is 1.50 bits per heavy atom. The van der Waals surface area contributed by atoms with Crippen LogP contribution in [0.3, 0.4) is 0 Å². The first-order valence-electron chi connectivity index (χ1n) is 5.35. The van der Waals surface area contributed by atoms with Crippen molar-refractivity contribution in [3.8, 4) is 0 Å². The van der Waals surface area contributed by atoms with E-state index in [2.05, 4.69) is 4.98 Å². The molecule has 0 spiro atoms. The summed E-state index contributed by atoms with van der Waals surface area (Å²) in [6.45, 7) is 4.48. The van der Waals surface area contributed by atoms with Gasteiger partial charge >= 0.3 is 0 Å². The van der Waals surface area contributed by atoms with Crippen LogP contribution in [0, 0.1) is 5.82 Å². The maximum atomic E-state index is 13.0. The third kappa shape index (κ3) is 1.69. The maximum absolute atomic E-state index is 13.0. The highest BCUT2D eigenvalue weighted by molar-refractivity contribution is 5.72. The van der Waals surface area contributed by atoms with Gasteiger partial charge in [0.05, 0.1) is 5.41 Å². The summed E-state index contributed by atoms with van der Waals surface area (Å²) in [5, 5.41) is 0. The predicted octanol–water partition coefficient (Wildman–Crippen LogP) is 2.59. The molecule has 2 rings (SSSR count).